The van der Waals surface area contributed by atoms with Gasteiger partial charge in [0.15, 0.2) is 0 Å². The Bertz CT molecular complexity index is 215. The van der Waals surface area contributed by atoms with E-state index in [1.807, 2.05) is 0 Å². The molecule has 1 aromatic heterocycles. The average Bonchev–Trinajstić information content (AvgIpc) is 1.88. The standard InChI is InChI=1S/C7H8ClNO/c1-10-5-7-4-6(8)2-3-9-7/h2-4H,5H2,1H3. The van der Waals surface area contributed by atoms with Gasteiger partial charge in [-0.05, 0) is 12.1 Å². The van der Waals surface area contributed by atoms with Crippen LogP contribution in [-0.4, -0.2) is 12.1 Å². The van der Waals surface area contributed by atoms with Crippen molar-refractivity contribution in [1.29, 1.82) is 0 Å². The lowest BCUT2D eigenvalue weighted by Gasteiger charge is -1.96. The minimum atomic E-state index is 0.514. The monoisotopic (exact) mass is 157 g/mol. The summed E-state index contributed by atoms with van der Waals surface area (Å²) in [5.74, 6) is 0. The summed E-state index contributed by atoms with van der Waals surface area (Å²) in [5.41, 5.74) is 0.856. The predicted octanol–water partition coefficient (Wildman–Crippen LogP) is 1.88. The van der Waals surface area contributed by atoms with E-state index in [4.69, 9.17) is 16.3 Å². The van der Waals surface area contributed by atoms with Gasteiger partial charge in [-0.1, -0.05) is 11.6 Å². The molecule has 0 saturated heterocycles. The zero-order valence-corrected chi connectivity index (χ0v) is 6.43. The second-order valence-corrected chi connectivity index (χ2v) is 2.33. The molecular formula is C7H8ClNO. The van der Waals surface area contributed by atoms with E-state index in [1.54, 1.807) is 25.4 Å². The molecule has 0 aliphatic carbocycles. The maximum absolute atomic E-state index is 5.69. The third kappa shape index (κ3) is 1.97. The zero-order valence-electron chi connectivity index (χ0n) is 5.67. The second kappa shape index (κ2) is 3.54. The molecule has 0 spiro atoms. The van der Waals surface area contributed by atoms with E-state index < -0.39 is 0 Å². The normalized spacial score (nSPS) is 9.80. The lowest BCUT2D eigenvalue weighted by Crippen LogP contribution is -1.89. The summed E-state index contributed by atoms with van der Waals surface area (Å²) in [4.78, 5) is 4.02. The summed E-state index contributed by atoms with van der Waals surface area (Å²) >= 11 is 5.69. The molecule has 3 heteroatoms. The number of nitrogens with zero attached hydrogens (tertiary/aromatic N) is 1. The Morgan fingerprint density at radius 2 is 2.50 bits per heavy atom. The molecule has 0 aliphatic rings. The van der Waals surface area contributed by atoms with Gasteiger partial charge in [0.25, 0.3) is 0 Å². The van der Waals surface area contributed by atoms with Gasteiger partial charge >= 0.3 is 0 Å². The molecule has 10 heavy (non-hydrogen) atoms. The minimum Gasteiger partial charge on any atom is -0.378 e. The van der Waals surface area contributed by atoms with Crippen LogP contribution in [-0.2, 0) is 11.3 Å². The Hall–Kier alpha value is -0.600. The summed E-state index contributed by atoms with van der Waals surface area (Å²) in [7, 11) is 1.63. The number of methoxy groups -OCH3 is 1. The third-order valence-corrected chi connectivity index (χ3v) is 1.31. The van der Waals surface area contributed by atoms with Crippen molar-refractivity contribution in [3.63, 3.8) is 0 Å². The van der Waals surface area contributed by atoms with Gasteiger partial charge < -0.3 is 4.74 Å². The van der Waals surface area contributed by atoms with Gasteiger partial charge in [-0.25, -0.2) is 0 Å². The fourth-order valence-electron chi connectivity index (χ4n) is 0.676. The topological polar surface area (TPSA) is 22.1 Å². The highest BCUT2D eigenvalue weighted by molar-refractivity contribution is 6.30. The van der Waals surface area contributed by atoms with Crippen molar-refractivity contribution in [3.8, 4) is 0 Å². The van der Waals surface area contributed by atoms with Gasteiger partial charge in [0, 0.05) is 18.3 Å². The maximum atomic E-state index is 5.69. The summed E-state index contributed by atoms with van der Waals surface area (Å²) in [5, 5.41) is 0.696. The highest BCUT2D eigenvalue weighted by atomic mass is 35.5. The molecular weight excluding hydrogens is 150 g/mol. The number of hydrogen-bond donors (Lipinski definition) is 0. The first-order chi connectivity index (χ1) is 4.83. The van der Waals surface area contributed by atoms with E-state index in [0.29, 0.717) is 11.6 Å². The molecule has 0 N–H and O–H groups in total. The first-order valence-corrected chi connectivity index (χ1v) is 3.30. The molecule has 0 fully saturated rings. The number of aromatic nitrogens is 1. The Morgan fingerprint density at radius 1 is 1.70 bits per heavy atom. The molecule has 1 heterocycles. The molecule has 2 nitrogen and oxygen atoms in total. The van der Waals surface area contributed by atoms with Crippen molar-refractivity contribution < 1.29 is 4.74 Å². The van der Waals surface area contributed by atoms with Gasteiger partial charge in [0.05, 0.1) is 12.3 Å². The van der Waals surface area contributed by atoms with Gasteiger partial charge in [-0.15, -0.1) is 0 Å². The number of ether oxygens (including phenoxy) is 1. The molecule has 0 aliphatic heterocycles. The van der Waals surface area contributed by atoms with E-state index in [0.717, 1.165) is 5.69 Å². The van der Waals surface area contributed by atoms with E-state index in [2.05, 4.69) is 4.98 Å². The first kappa shape index (κ1) is 7.51. The number of halogens is 1. The lowest BCUT2D eigenvalue weighted by atomic mass is 10.4. The Kier molecular flexibility index (Phi) is 2.66. The summed E-state index contributed by atoms with van der Waals surface area (Å²) in [6.07, 6.45) is 1.66. The number of pyridine rings is 1. The fraction of sp³-hybridized carbons (Fsp3) is 0.286. The molecule has 0 radical (unpaired) electrons. The molecule has 1 rings (SSSR count). The van der Waals surface area contributed by atoms with Crippen LogP contribution in [0.4, 0.5) is 0 Å². The Labute approximate surface area is 64.8 Å². The zero-order chi connectivity index (χ0) is 7.40. The highest BCUT2D eigenvalue weighted by Gasteiger charge is 1.92. The quantitative estimate of drug-likeness (QED) is 0.654. The molecule has 1 aromatic rings. The van der Waals surface area contributed by atoms with E-state index in [-0.39, 0.29) is 0 Å². The van der Waals surface area contributed by atoms with Gasteiger partial charge in [0.1, 0.15) is 0 Å². The molecule has 54 valence electrons. The van der Waals surface area contributed by atoms with E-state index in [9.17, 15) is 0 Å². The van der Waals surface area contributed by atoms with Gasteiger partial charge in [-0.3, -0.25) is 4.98 Å². The summed E-state index contributed by atoms with van der Waals surface area (Å²) in [6, 6.07) is 3.52. The lowest BCUT2D eigenvalue weighted by molar-refractivity contribution is 0.181. The average molecular weight is 158 g/mol. The van der Waals surface area contributed by atoms with E-state index >= 15 is 0 Å². The van der Waals surface area contributed by atoms with Crippen molar-refractivity contribution in [2.24, 2.45) is 0 Å². The van der Waals surface area contributed by atoms with Crippen molar-refractivity contribution >= 4 is 11.6 Å². The Morgan fingerprint density at radius 3 is 3.10 bits per heavy atom. The van der Waals surface area contributed by atoms with Crippen molar-refractivity contribution in [2.45, 2.75) is 6.61 Å². The van der Waals surface area contributed by atoms with Gasteiger partial charge in [-0.2, -0.15) is 0 Å². The van der Waals surface area contributed by atoms with Crippen LogP contribution in [0.1, 0.15) is 5.69 Å². The highest BCUT2D eigenvalue weighted by Crippen LogP contribution is 2.07. The van der Waals surface area contributed by atoms with E-state index in [1.165, 1.54) is 0 Å². The van der Waals surface area contributed by atoms with Gasteiger partial charge in [0.2, 0.25) is 0 Å². The number of hydrogen-bond acceptors (Lipinski definition) is 2. The van der Waals surface area contributed by atoms with Crippen molar-refractivity contribution in [2.75, 3.05) is 7.11 Å². The molecule has 0 aromatic carbocycles. The maximum Gasteiger partial charge on any atom is 0.0884 e. The Balaban J connectivity index is 2.75. The fourth-order valence-corrected chi connectivity index (χ4v) is 0.858. The first-order valence-electron chi connectivity index (χ1n) is 2.92. The predicted molar refractivity (Wildman–Crippen MR) is 40.0 cm³/mol. The van der Waals surface area contributed by atoms with Crippen LogP contribution in [0.25, 0.3) is 0 Å². The molecule has 0 saturated carbocycles. The molecule has 0 atom stereocenters. The minimum absolute atomic E-state index is 0.514. The van der Waals surface area contributed by atoms with Crippen LogP contribution in [0.5, 0.6) is 0 Å². The SMILES string of the molecule is COCc1cc(Cl)ccn1. The molecule has 0 bridgehead atoms. The van der Waals surface area contributed by atoms with Crippen LogP contribution in [0.15, 0.2) is 18.3 Å². The van der Waals surface area contributed by atoms with Crippen molar-refractivity contribution in [1.82, 2.24) is 4.98 Å². The van der Waals surface area contributed by atoms with Crippen LogP contribution < -0.4 is 0 Å². The summed E-state index contributed by atoms with van der Waals surface area (Å²) < 4.78 is 4.86. The van der Waals surface area contributed by atoms with Crippen LogP contribution in [0, 0.1) is 0 Å². The summed E-state index contributed by atoms with van der Waals surface area (Å²) in [6.45, 7) is 0.514. The second-order valence-electron chi connectivity index (χ2n) is 1.90. The molecule has 0 amide bonds. The number of rotatable bonds is 2. The molecule has 0 unspecified atom stereocenters. The van der Waals surface area contributed by atoms with Crippen molar-refractivity contribution in [3.05, 3.63) is 29.0 Å². The third-order valence-electron chi connectivity index (χ3n) is 1.07. The van der Waals surface area contributed by atoms with Crippen LogP contribution >= 0.6 is 11.6 Å². The van der Waals surface area contributed by atoms with Crippen LogP contribution in [0.3, 0.4) is 0 Å². The largest absolute Gasteiger partial charge is 0.378 e. The van der Waals surface area contributed by atoms with Crippen LogP contribution in [0.2, 0.25) is 5.02 Å². The smallest absolute Gasteiger partial charge is 0.0884 e.